The first-order chi connectivity index (χ1) is 9.58. The minimum Gasteiger partial charge on any atom is -0.349 e. The molecule has 3 aromatic rings. The van der Waals surface area contributed by atoms with Gasteiger partial charge >= 0.3 is 0 Å². The predicted molar refractivity (Wildman–Crippen MR) is 77.5 cm³/mol. The van der Waals surface area contributed by atoms with Gasteiger partial charge in [0.05, 0.1) is 11.7 Å². The van der Waals surface area contributed by atoms with Crippen molar-refractivity contribution in [2.75, 3.05) is 6.54 Å². The average molecular weight is 271 g/mol. The van der Waals surface area contributed by atoms with Crippen LogP contribution in [0.3, 0.4) is 0 Å². The van der Waals surface area contributed by atoms with Crippen molar-refractivity contribution in [2.45, 2.75) is 13.8 Å². The smallest absolute Gasteiger partial charge is 0.287 e. The van der Waals surface area contributed by atoms with Gasteiger partial charge in [-0.3, -0.25) is 4.79 Å². The van der Waals surface area contributed by atoms with Crippen LogP contribution in [0.25, 0.3) is 22.1 Å². The summed E-state index contributed by atoms with van der Waals surface area (Å²) < 4.78 is 1.82. The van der Waals surface area contributed by atoms with Gasteiger partial charge in [0.25, 0.3) is 5.91 Å². The van der Waals surface area contributed by atoms with Crippen LogP contribution in [0.5, 0.6) is 0 Å². The first kappa shape index (κ1) is 12.7. The van der Waals surface area contributed by atoms with Gasteiger partial charge in [0.15, 0.2) is 5.82 Å². The van der Waals surface area contributed by atoms with E-state index in [0.717, 1.165) is 22.1 Å². The highest BCUT2D eigenvalue weighted by Gasteiger charge is 2.17. The van der Waals surface area contributed by atoms with Gasteiger partial charge in [0.2, 0.25) is 0 Å². The molecule has 0 aliphatic rings. The molecule has 20 heavy (non-hydrogen) atoms. The highest BCUT2D eigenvalue weighted by molar-refractivity contribution is 6.04. The number of rotatable bonds is 3. The highest BCUT2D eigenvalue weighted by atomic mass is 16.2. The van der Waals surface area contributed by atoms with E-state index >= 15 is 0 Å². The number of hydrogen-bond donors (Lipinski definition) is 2. The van der Waals surface area contributed by atoms with E-state index < -0.39 is 0 Å². The second-order valence-corrected chi connectivity index (χ2v) is 5.33. The van der Waals surface area contributed by atoms with Crippen LogP contribution >= 0.6 is 0 Å². The molecular formula is C14H17N5O. The van der Waals surface area contributed by atoms with Crippen LogP contribution < -0.4 is 5.32 Å². The van der Waals surface area contributed by atoms with E-state index in [9.17, 15) is 4.79 Å². The Bertz CT molecular complexity index is 783. The van der Waals surface area contributed by atoms with Crippen LogP contribution in [0.2, 0.25) is 0 Å². The Hall–Kier alpha value is -2.37. The molecule has 3 heterocycles. The van der Waals surface area contributed by atoms with E-state index in [2.05, 4.69) is 34.1 Å². The largest absolute Gasteiger partial charge is 0.349 e. The lowest BCUT2D eigenvalue weighted by Crippen LogP contribution is -2.29. The zero-order chi connectivity index (χ0) is 14.3. The third kappa shape index (κ3) is 1.93. The lowest BCUT2D eigenvalue weighted by Gasteiger charge is -2.07. The Kier molecular flexibility index (Phi) is 2.93. The first-order valence-electron chi connectivity index (χ1n) is 6.64. The van der Waals surface area contributed by atoms with E-state index in [4.69, 9.17) is 0 Å². The van der Waals surface area contributed by atoms with Gasteiger partial charge < -0.3 is 14.9 Å². The van der Waals surface area contributed by atoms with Crippen molar-refractivity contribution >= 4 is 28.0 Å². The fourth-order valence-electron chi connectivity index (χ4n) is 2.29. The quantitative estimate of drug-likeness (QED) is 0.763. The summed E-state index contributed by atoms with van der Waals surface area (Å²) in [5, 5.41) is 3.86. The average Bonchev–Trinajstić information content (AvgIpc) is 3.00. The Balaban J connectivity index is 2.08. The van der Waals surface area contributed by atoms with Crippen LogP contribution in [-0.2, 0) is 7.05 Å². The molecule has 104 valence electrons. The van der Waals surface area contributed by atoms with Gasteiger partial charge in [0.1, 0.15) is 11.2 Å². The Labute approximate surface area is 116 Å². The van der Waals surface area contributed by atoms with Crippen LogP contribution in [0, 0.1) is 5.92 Å². The van der Waals surface area contributed by atoms with Gasteiger partial charge in [-0.2, -0.15) is 0 Å². The summed E-state index contributed by atoms with van der Waals surface area (Å²) in [5.41, 5.74) is 2.45. The van der Waals surface area contributed by atoms with E-state index in [1.54, 1.807) is 6.20 Å². The molecule has 0 atom stereocenters. The van der Waals surface area contributed by atoms with Crippen molar-refractivity contribution in [2.24, 2.45) is 13.0 Å². The van der Waals surface area contributed by atoms with Crippen molar-refractivity contribution < 1.29 is 4.79 Å². The second kappa shape index (κ2) is 4.63. The molecule has 0 aliphatic carbocycles. The number of aromatic nitrogens is 4. The Morgan fingerprint density at radius 3 is 3.05 bits per heavy atom. The molecule has 3 aromatic heterocycles. The summed E-state index contributed by atoms with van der Waals surface area (Å²) in [6, 6.07) is 1.95. The van der Waals surface area contributed by atoms with Crippen LogP contribution in [-0.4, -0.2) is 32.0 Å². The molecule has 0 fully saturated rings. The minimum atomic E-state index is -0.152. The lowest BCUT2D eigenvalue weighted by molar-refractivity contribution is 0.0936. The maximum atomic E-state index is 12.2. The van der Waals surface area contributed by atoms with Crippen molar-refractivity contribution in [3.05, 3.63) is 24.3 Å². The summed E-state index contributed by atoms with van der Waals surface area (Å²) in [7, 11) is 1.85. The number of hydrogen-bond acceptors (Lipinski definition) is 3. The molecule has 1 amide bonds. The maximum Gasteiger partial charge on any atom is 0.287 e. The standard InChI is InChI=1S/C14H17N5O/c1-8(2)6-17-14(20)13-18-10-7-16-12-9(4-5-15-12)11(10)19(13)3/h4-5,7-8H,6H2,1-3H3,(H,15,16)(H,17,20). The number of nitrogens with one attached hydrogen (secondary N) is 2. The summed E-state index contributed by atoms with van der Waals surface area (Å²) in [5.74, 6) is 0.670. The molecule has 6 heteroatoms. The normalized spacial score (nSPS) is 11.6. The molecule has 0 aliphatic heterocycles. The molecule has 3 rings (SSSR count). The molecule has 6 nitrogen and oxygen atoms in total. The molecule has 2 N–H and O–H groups in total. The molecular weight excluding hydrogens is 254 g/mol. The SMILES string of the molecule is CC(C)CNC(=O)c1nc2cnc3[nH]ccc3c2n1C. The van der Waals surface area contributed by atoms with E-state index in [1.165, 1.54) is 0 Å². The van der Waals surface area contributed by atoms with Crippen LogP contribution in [0.1, 0.15) is 24.5 Å². The molecule has 0 saturated heterocycles. The molecule has 0 unspecified atom stereocenters. The van der Waals surface area contributed by atoms with Gasteiger partial charge in [-0.25, -0.2) is 9.97 Å². The fraction of sp³-hybridized carbons (Fsp3) is 0.357. The van der Waals surface area contributed by atoms with Gasteiger partial charge in [-0.15, -0.1) is 0 Å². The number of nitrogens with zero attached hydrogens (tertiary/aromatic N) is 3. The van der Waals surface area contributed by atoms with Gasteiger partial charge in [-0.05, 0) is 12.0 Å². The lowest BCUT2D eigenvalue weighted by atomic mass is 10.2. The van der Waals surface area contributed by atoms with E-state index in [-0.39, 0.29) is 5.91 Å². The topological polar surface area (TPSA) is 75.6 Å². The summed E-state index contributed by atoms with van der Waals surface area (Å²) in [4.78, 5) is 23.9. The maximum absolute atomic E-state index is 12.2. The number of imidazole rings is 1. The van der Waals surface area contributed by atoms with Gasteiger partial charge in [0, 0.05) is 25.2 Å². The number of H-pyrrole nitrogens is 1. The zero-order valence-corrected chi connectivity index (χ0v) is 11.8. The second-order valence-electron chi connectivity index (χ2n) is 5.33. The van der Waals surface area contributed by atoms with Crippen molar-refractivity contribution in [1.82, 2.24) is 24.8 Å². The number of pyridine rings is 1. The molecule has 0 radical (unpaired) electrons. The summed E-state index contributed by atoms with van der Waals surface area (Å²) in [6.07, 6.45) is 3.52. The van der Waals surface area contributed by atoms with Crippen LogP contribution in [0.4, 0.5) is 0 Å². The molecule has 0 spiro atoms. The number of aryl methyl sites for hydroxylation is 1. The fourth-order valence-corrected chi connectivity index (χ4v) is 2.29. The third-order valence-electron chi connectivity index (χ3n) is 3.29. The minimum absolute atomic E-state index is 0.152. The Morgan fingerprint density at radius 1 is 1.50 bits per heavy atom. The number of fused-ring (bicyclic) bond motifs is 3. The zero-order valence-electron chi connectivity index (χ0n) is 11.8. The monoisotopic (exact) mass is 271 g/mol. The number of amides is 1. The highest BCUT2D eigenvalue weighted by Crippen LogP contribution is 2.23. The number of carbonyl (C=O) groups is 1. The Morgan fingerprint density at radius 2 is 2.30 bits per heavy atom. The van der Waals surface area contributed by atoms with Crippen molar-refractivity contribution in [3.8, 4) is 0 Å². The predicted octanol–water partition coefficient (Wildman–Crippen LogP) is 1.84. The molecule has 0 saturated carbocycles. The molecule has 0 bridgehead atoms. The van der Waals surface area contributed by atoms with E-state index in [0.29, 0.717) is 18.3 Å². The summed E-state index contributed by atoms with van der Waals surface area (Å²) in [6.45, 7) is 4.75. The van der Waals surface area contributed by atoms with Gasteiger partial charge in [-0.1, -0.05) is 13.8 Å². The van der Waals surface area contributed by atoms with E-state index in [1.807, 2.05) is 23.9 Å². The number of aromatic amines is 1. The molecule has 0 aromatic carbocycles. The first-order valence-corrected chi connectivity index (χ1v) is 6.64. The van der Waals surface area contributed by atoms with Crippen molar-refractivity contribution in [1.29, 1.82) is 0 Å². The number of carbonyl (C=O) groups excluding carboxylic acids is 1. The van der Waals surface area contributed by atoms with Crippen molar-refractivity contribution in [3.63, 3.8) is 0 Å². The third-order valence-corrected chi connectivity index (χ3v) is 3.29. The van der Waals surface area contributed by atoms with Crippen LogP contribution in [0.15, 0.2) is 18.5 Å². The summed E-state index contributed by atoms with van der Waals surface area (Å²) >= 11 is 0.